The van der Waals surface area contributed by atoms with Crippen molar-refractivity contribution >= 4 is 22.4 Å². The molecule has 0 atom stereocenters. The van der Waals surface area contributed by atoms with E-state index in [-0.39, 0.29) is 11.5 Å². The van der Waals surface area contributed by atoms with Crippen LogP contribution in [-0.2, 0) is 11.2 Å². The van der Waals surface area contributed by atoms with Crippen molar-refractivity contribution in [2.24, 2.45) is 5.16 Å². The SMILES string of the molecule is CC(=O)C(Cc1c[nH]c2ccccc12)=NO. The van der Waals surface area contributed by atoms with E-state index in [1.54, 1.807) is 0 Å². The number of oxime groups is 1. The van der Waals surface area contributed by atoms with Crippen LogP contribution in [0, 0.1) is 0 Å². The van der Waals surface area contributed by atoms with Gasteiger partial charge in [0, 0.05) is 30.4 Å². The molecule has 0 fully saturated rings. The smallest absolute Gasteiger partial charge is 0.177 e. The fourth-order valence-corrected chi connectivity index (χ4v) is 1.69. The maximum atomic E-state index is 11.1. The van der Waals surface area contributed by atoms with Crippen molar-refractivity contribution in [3.8, 4) is 0 Å². The summed E-state index contributed by atoms with van der Waals surface area (Å²) in [5.41, 5.74) is 2.14. The summed E-state index contributed by atoms with van der Waals surface area (Å²) in [4.78, 5) is 14.2. The Balaban J connectivity index is 2.38. The zero-order valence-corrected chi connectivity index (χ0v) is 8.90. The largest absolute Gasteiger partial charge is 0.411 e. The summed E-state index contributed by atoms with van der Waals surface area (Å²) in [6.45, 7) is 1.39. The highest BCUT2D eigenvalue weighted by molar-refractivity contribution is 6.39. The molecule has 0 aliphatic heterocycles. The third-order valence-electron chi connectivity index (χ3n) is 2.56. The van der Waals surface area contributed by atoms with E-state index in [0.29, 0.717) is 6.42 Å². The van der Waals surface area contributed by atoms with Gasteiger partial charge in [0.1, 0.15) is 5.71 Å². The Bertz CT molecular complexity index is 555. The first-order valence-corrected chi connectivity index (χ1v) is 4.99. The predicted molar refractivity (Wildman–Crippen MR) is 61.9 cm³/mol. The monoisotopic (exact) mass is 216 g/mol. The lowest BCUT2D eigenvalue weighted by atomic mass is 10.1. The molecule has 2 aromatic rings. The summed E-state index contributed by atoms with van der Waals surface area (Å²) in [6.07, 6.45) is 2.18. The summed E-state index contributed by atoms with van der Waals surface area (Å²) < 4.78 is 0. The third-order valence-corrected chi connectivity index (χ3v) is 2.56. The van der Waals surface area contributed by atoms with E-state index in [1.165, 1.54) is 6.92 Å². The van der Waals surface area contributed by atoms with E-state index in [9.17, 15) is 4.79 Å². The van der Waals surface area contributed by atoms with Gasteiger partial charge in [-0.2, -0.15) is 0 Å². The van der Waals surface area contributed by atoms with E-state index < -0.39 is 0 Å². The lowest BCUT2D eigenvalue weighted by Gasteiger charge is -1.98. The molecule has 2 rings (SSSR count). The van der Waals surface area contributed by atoms with E-state index in [0.717, 1.165) is 16.5 Å². The lowest BCUT2D eigenvalue weighted by Crippen LogP contribution is -2.12. The zero-order valence-electron chi connectivity index (χ0n) is 8.90. The molecule has 1 aromatic heterocycles. The summed E-state index contributed by atoms with van der Waals surface area (Å²) in [5.74, 6) is -0.215. The minimum absolute atomic E-state index is 0.171. The topological polar surface area (TPSA) is 65.5 Å². The number of hydrogen-bond donors (Lipinski definition) is 2. The van der Waals surface area contributed by atoms with Gasteiger partial charge >= 0.3 is 0 Å². The highest BCUT2D eigenvalue weighted by Gasteiger charge is 2.11. The normalized spacial score (nSPS) is 11.9. The number of fused-ring (bicyclic) bond motifs is 1. The summed E-state index contributed by atoms with van der Waals surface area (Å²) in [5, 5.41) is 12.8. The molecular formula is C12H12N2O2. The molecular weight excluding hydrogens is 204 g/mol. The van der Waals surface area contributed by atoms with Gasteiger partial charge in [-0.3, -0.25) is 4.79 Å². The van der Waals surface area contributed by atoms with Crippen molar-refractivity contribution in [3.05, 3.63) is 36.0 Å². The maximum Gasteiger partial charge on any atom is 0.177 e. The Hall–Kier alpha value is -2.10. The van der Waals surface area contributed by atoms with Gasteiger partial charge in [-0.05, 0) is 11.6 Å². The van der Waals surface area contributed by atoms with Crippen LogP contribution in [-0.4, -0.2) is 21.7 Å². The van der Waals surface area contributed by atoms with Crippen molar-refractivity contribution in [3.63, 3.8) is 0 Å². The number of para-hydroxylation sites is 1. The molecule has 0 radical (unpaired) electrons. The number of ketones is 1. The van der Waals surface area contributed by atoms with Gasteiger partial charge in [-0.1, -0.05) is 23.4 Å². The molecule has 1 heterocycles. The van der Waals surface area contributed by atoms with Crippen LogP contribution in [0.25, 0.3) is 10.9 Å². The fourth-order valence-electron chi connectivity index (χ4n) is 1.69. The first-order valence-electron chi connectivity index (χ1n) is 4.99. The number of aromatic amines is 1. The predicted octanol–water partition coefficient (Wildman–Crippen LogP) is 2.13. The molecule has 0 amide bonds. The lowest BCUT2D eigenvalue weighted by molar-refractivity contribution is -0.111. The summed E-state index contributed by atoms with van der Waals surface area (Å²) in [7, 11) is 0. The number of carbonyl (C=O) groups is 1. The van der Waals surface area contributed by atoms with Crippen LogP contribution < -0.4 is 0 Å². The Morgan fingerprint density at radius 1 is 1.44 bits per heavy atom. The van der Waals surface area contributed by atoms with E-state index in [1.807, 2.05) is 30.5 Å². The fraction of sp³-hybridized carbons (Fsp3) is 0.167. The van der Waals surface area contributed by atoms with Gasteiger partial charge in [-0.25, -0.2) is 0 Å². The molecule has 0 aliphatic carbocycles. The second-order valence-electron chi connectivity index (χ2n) is 3.64. The summed E-state index contributed by atoms with van der Waals surface area (Å²) in [6, 6.07) is 7.80. The molecule has 1 aromatic carbocycles. The van der Waals surface area contributed by atoms with Gasteiger partial charge < -0.3 is 10.2 Å². The van der Waals surface area contributed by atoms with Crippen molar-refractivity contribution in [2.45, 2.75) is 13.3 Å². The maximum absolute atomic E-state index is 11.1. The van der Waals surface area contributed by atoms with Gasteiger partial charge in [0.2, 0.25) is 0 Å². The number of nitrogens with one attached hydrogen (secondary N) is 1. The molecule has 0 saturated carbocycles. The molecule has 0 aliphatic rings. The molecule has 4 nitrogen and oxygen atoms in total. The average Bonchev–Trinajstić information content (AvgIpc) is 2.69. The number of benzene rings is 1. The second-order valence-corrected chi connectivity index (χ2v) is 3.64. The number of aromatic nitrogens is 1. The van der Waals surface area contributed by atoms with Crippen LogP contribution >= 0.6 is 0 Å². The van der Waals surface area contributed by atoms with E-state index in [4.69, 9.17) is 5.21 Å². The standard InChI is InChI=1S/C12H12N2O2/c1-8(15)12(14-16)6-9-7-13-11-5-3-2-4-10(9)11/h2-5,7,13,16H,6H2,1H3. The quantitative estimate of drug-likeness (QED) is 0.469. The van der Waals surface area contributed by atoms with Crippen LogP contribution in [0.3, 0.4) is 0 Å². The van der Waals surface area contributed by atoms with Gasteiger partial charge in [0.15, 0.2) is 5.78 Å². The minimum atomic E-state index is -0.215. The number of nitrogens with zero attached hydrogens (tertiary/aromatic N) is 1. The van der Waals surface area contributed by atoms with Crippen molar-refractivity contribution < 1.29 is 10.0 Å². The highest BCUT2D eigenvalue weighted by Crippen LogP contribution is 2.18. The Labute approximate surface area is 92.6 Å². The van der Waals surface area contributed by atoms with E-state index >= 15 is 0 Å². The van der Waals surface area contributed by atoms with Crippen LogP contribution in [0.2, 0.25) is 0 Å². The summed E-state index contributed by atoms with van der Waals surface area (Å²) >= 11 is 0. The molecule has 82 valence electrons. The number of H-pyrrole nitrogens is 1. The molecule has 2 N–H and O–H groups in total. The molecule has 0 bridgehead atoms. The first kappa shape index (κ1) is 10.4. The van der Waals surface area contributed by atoms with Crippen molar-refractivity contribution in [1.29, 1.82) is 0 Å². The Morgan fingerprint density at radius 2 is 2.19 bits per heavy atom. The van der Waals surface area contributed by atoms with Gasteiger partial charge in [-0.15, -0.1) is 0 Å². The Morgan fingerprint density at radius 3 is 2.88 bits per heavy atom. The number of rotatable bonds is 3. The number of hydrogen-bond acceptors (Lipinski definition) is 3. The van der Waals surface area contributed by atoms with Gasteiger partial charge in [0.25, 0.3) is 0 Å². The molecule has 16 heavy (non-hydrogen) atoms. The zero-order chi connectivity index (χ0) is 11.5. The third kappa shape index (κ3) is 1.82. The highest BCUT2D eigenvalue weighted by atomic mass is 16.4. The van der Waals surface area contributed by atoms with Crippen LogP contribution in [0.4, 0.5) is 0 Å². The molecule has 4 heteroatoms. The molecule has 0 unspecified atom stereocenters. The second kappa shape index (κ2) is 4.18. The minimum Gasteiger partial charge on any atom is -0.411 e. The van der Waals surface area contributed by atoms with Crippen LogP contribution in [0.1, 0.15) is 12.5 Å². The average molecular weight is 216 g/mol. The van der Waals surface area contributed by atoms with Crippen molar-refractivity contribution in [2.75, 3.05) is 0 Å². The van der Waals surface area contributed by atoms with Gasteiger partial charge in [0.05, 0.1) is 0 Å². The molecule has 0 spiro atoms. The first-order chi connectivity index (χ1) is 7.72. The number of carbonyl (C=O) groups excluding carboxylic acids is 1. The van der Waals surface area contributed by atoms with Crippen LogP contribution in [0.5, 0.6) is 0 Å². The Kier molecular flexibility index (Phi) is 2.72. The van der Waals surface area contributed by atoms with E-state index in [2.05, 4.69) is 10.1 Å². The van der Waals surface area contributed by atoms with Crippen molar-refractivity contribution in [1.82, 2.24) is 4.98 Å². The van der Waals surface area contributed by atoms with Crippen LogP contribution in [0.15, 0.2) is 35.6 Å². The molecule has 0 saturated heterocycles. The number of Topliss-reactive ketones (excluding diaryl/α,β-unsaturated/α-hetero) is 1.